The number of benzene rings is 2. The van der Waals surface area contributed by atoms with Gasteiger partial charge in [0.05, 0.1) is 11.2 Å². The van der Waals surface area contributed by atoms with Crippen molar-refractivity contribution in [3.8, 4) is 11.3 Å². The molecule has 3 aromatic rings. The molecule has 0 radical (unpaired) electrons. The molecule has 0 saturated carbocycles. The molecule has 0 aliphatic rings. The fourth-order valence-corrected chi connectivity index (χ4v) is 2.13. The second kappa shape index (κ2) is 5.20. The third kappa shape index (κ3) is 2.67. The van der Waals surface area contributed by atoms with E-state index in [-0.39, 0.29) is 5.82 Å². The van der Waals surface area contributed by atoms with Crippen LogP contribution in [0, 0.1) is 5.82 Å². The van der Waals surface area contributed by atoms with Gasteiger partial charge in [0.2, 0.25) is 0 Å². The molecule has 1 heterocycles. The third-order valence-corrected chi connectivity index (χ3v) is 3.12. The van der Waals surface area contributed by atoms with Gasteiger partial charge in [-0.15, -0.1) is 0 Å². The summed E-state index contributed by atoms with van der Waals surface area (Å²) in [5.41, 5.74) is 3.09. The summed E-state index contributed by atoms with van der Waals surface area (Å²) in [4.78, 5) is 10.6. The number of nitrogens with zero attached hydrogens (tertiary/aromatic N) is 1. The van der Waals surface area contributed by atoms with Gasteiger partial charge in [0.25, 0.3) is 0 Å². The molecule has 0 bridgehead atoms. The van der Waals surface area contributed by atoms with Gasteiger partial charge < -0.3 is 5.11 Å². The number of aromatic nitrogens is 2. The van der Waals surface area contributed by atoms with Gasteiger partial charge in [-0.1, -0.05) is 6.07 Å². The van der Waals surface area contributed by atoms with Crippen molar-refractivity contribution in [2.45, 2.75) is 0 Å². The first-order chi connectivity index (χ1) is 10.1. The fraction of sp³-hybridized carbons (Fsp3) is 0. The van der Waals surface area contributed by atoms with Crippen LogP contribution in [-0.2, 0) is 4.79 Å². The Labute approximate surface area is 119 Å². The lowest BCUT2D eigenvalue weighted by atomic mass is 10.1. The molecule has 0 saturated heterocycles. The van der Waals surface area contributed by atoms with E-state index in [2.05, 4.69) is 10.2 Å². The molecule has 104 valence electrons. The second-order valence-electron chi connectivity index (χ2n) is 4.56. The Morgan fingerprint density at radius 1 is 1.19 bits per heavy atom. The molecule has 0 amide bonds. The van der Waals surface area contributed by atoms with E-state index in [1.165, 1.54) is 18.2 Å². The standard InChI is InChI=1S/C16H11FN2O2/c17-12-5-3-11(4-6-12)16-13-9-10(2-8-15(20)21)1-7-14(13)18-19-16/h1-9H,(H,18,19)(H,20,21). The lowest BCUT2D eigenvalue weighted by Crippen LogP contribution is -1.85. The summed E-state index contributed by atoms with van der Waals surface area (Å²) in [5, 5.41) is 16.7. The van der Waals surface area contributed by atoms with Crippen molar-refractivity contribution in [1.82, 2.24) is 10.2 Å². The first-order valence-electron chi connectivity index (χ1n) is 6.28. The summed E-state index contributed by atoms with van der Waals surface area (Å²) in [7, 11) is 0. The molecule has 2 aromatic carbocycles. The summed E-state index contributed by atoms with van der Waals surface area (Å²) in [6.07, 6.45) is 2.60. The first-order valence-corrected chi connectivity index (χ1v) is 6.28. The van der Waals surface area contributed by atoms with Crippen LogP contribution in [0.2, 0.25) is 0 Å². The molecule has 0 atom stereocenters. The molecule has 0 fully saturated rings. The zero-order valence-corrected chi connectivity index (χ0v) is 10.9. The van der Waals surface area contributed by atoms with E-state index in [0.717, 1.165) is 28.1 Å². The Kier molecular flexibility index (Phi) is 3.23. The maximum Gasteiger partial charge on any atom is 0.328 e. The molecular formula is C16H11FN2O2. The highest BCUT2D eigenvalue weighted by atomic mass is 19.1. The quantitative estimate of drug-likeness (QED) is 0.723. The van der Waals surface area contributed by atoms with Crippen molar-refractivity contribution >= 4 is 22.9 Å². The lowest BCUT2D eigenvalue weighted by molar-refractivity contribution is -0.131. The Bertz CT molecular complexity index is 835. The number of nitrogens with one attached hydrogen (secondary N) is 1. The maximum absolute atomic E-state index is 13.0. The molecule has 2 N–H and O–H groups in total. The Hall–Kier alpha value is -2.95. The van der Waals surface area contributed by atoms with E-state index in [9.17, 15) is 9.18 Å². The van der Waals surface area contributed by atoms with Gasteiger partial charge >= 0.3 is 5.97 Å². The highest BCUT2D eigenvalue weighted by molar-refractivity contribution is 5.95. The maximum atomic E-state index is 13.0. The number of fused-ring (bicyclic) bond motifs is 1. The second-order valence-corrected chi connectivity index (χ2v) is 4.56. The predicted molar refractivity (Wildman–Crippen MR) is 78.2 cm³/mol. The highest BCUT2D eigenvalue weighted by Gasteiger charge is 2.08. The Morgan fingerprint density at radius 2 is 1.95 bits per heavy atom. The van der Waals surface area contributed by atoms with Crippen LogP contribution in [-0.4, -0.2) is 21.3 Å². The van der Waals surface area contributed by atoms with Crippen molar-refractivity contribution in [2.24, 2.45) is 0 Å². The number of halogens is 1. The molecule has 0 aliphatic carbocycles. The molecular weight excluding hydrogens is 271 g/mol. The number of H-pyrrole nitrogens is 1. The third-order valence-electron chi connectivity index (χ3n) is 3.12. The van der Waals surface area contributed by atoms with Crippen molar-refractivity contribution in [1.29, 1.82) is 0 Å². The number of carbonyl (C=O) groups is 1. The van der Waals surface area contributed by atoms with Crippen LogP contribution in [0.15, 0.2) is 48.5 Å². The van der Waals surface area contributed by atoms with Crippen molar-refractivity contribution in [3.05, 3.63) is 59.9 Å². The van der Waals surface area contributed by atoms with Crippen LogP contribution in [0.5, 0.6) is 0 Å². The molecule has 5 heteroatoms. The Balaban J connectivity index is 2.09. The largest absolute Gasteiger partial charge is 0.478 e. The van der Waals surface area contributed by atoms with Crippen LogP contribution in [0.25, 0.3) is 28.2 Å². The van der Waals surface area contributed by atoms with E-state index < -0.39 is 5.97 Å². The molecule has 3 rings (SSSR count). The minimum Gasteiger partial charge on any atom is -0.478 e. The van der Waals surface area contributed by atoms with E-state index in [1.54, 1.807) is 18.2 Å². The average Bonchev–Trinajstić information content (AvgIpc) is 2.89. The predicted octanol–water partition coefficient (Wildman–Crippen LogP) is 3.47. The SMILES string of the molecule is O=C(O)C=Cc1ccc2[nH]nc(-c3ccc(F)cc3)c2c1. The van der Waals surface area contributed by atoms with E-state index in [4.69, 9.17) is 5.11 Å². The molecule has 0 aliphatic heterocycles. The minimum absolute atomic E-state index is 0.302. The van der Waals surface area contributed by atoms with Gasteiger partial charge in [0, 0.05) is 17.0 Å². The molecule has 0 spiro atoms. The fourth-order valence-electron chi connectivity index (χ4n) is 2.13. The number of rotatable bonds is 3. The average molecular weight is 282 g/mol. The van der Waals surface area contributed by atoms with E-state index in [1.807, 2.05) is 12.1 Å². The Morgan fingerprint density at radius 3 is 2.67 bits per heavy atom. The van der Waals surface area contributed by atoms with Crippen LogP contribution in [0.1, 0.15) is 5.56 Å². The van der Waals surface area contributed by atoms with Gasteiger partial charge in [0.15, 0.2) is 0 Å². The van der Waals surface area contributed by atoms with E-state index >= 15 is 0 Å². The molecule has 21 heavy (non-hydrogen) atoms. The first kappa shape index (κ1) is 13.1. The summed E-state index contributed by atoms with van der Waals surface area (Å²) in [5.74, 6) is -1.30. The number of hydrogen-bond donors (Lipinski definition) is 2. The molecule has 4 nitrogen and oxygen atoms in total. The van der Waals surface area contributed by atoms with Gasteiger partial charge in [-0.3, -0.25) is 5.10 Å². The van der Waals surface area contributed by atoms with Crippen molar-refractivity contribution in [3.63, 3.8) is 0 Å². The number of hydrogen-bond acceptors (Lipinski definition) is 2. The van der Waals surface area contributed by atoms with Crippen molar-refractivity contribution in [2.75, 3.05) is 0 Å². The smallest absolute Gasteiger partial charge is 0.328 e. The zero-order valence-electron chi connectivity index (χ0n) is 10.9. The lowest BCUT2D eigenvalue weighted by Gasteiger charge is -1.99. The zero-order chi connectivity index (χ0) is 14.8. The van der Waals surface area contributed by atoms with E-state index in [0.29, 0.717) is 5.69 Å². The van der Waals surface area contributed by atoms with Crippen LogP contribution in [0.3, 0.4) is 0 Å². The van der Waals surface area contributed by atoms with Gasteiger partial charge in [0.1, 0.15) is 5.82 Å². The minimum atomic E-state index is -0.999. The summed E-state index contributed by atoms with van der Waals surface area (Å²) in [6, 6.07) is 11.5. The number of carboxylic acids is 1. The van der Waals surface area contributed by atoms with Gasteiger partial charge in [-0.05, 0) is 48.0 Å². The van der Waals surface area contributed by atoms with Crippen LogP contribution in [0.4, 0.5) is 4.39 Å². The van der Waals surface area contributed by atoms with Crippen LogP contribution < -0.4 is 0 Å². The normalized spacial score (nSPS) is 11.3. The number of carboxylic acid groups (broad SMARTS) is 1. The summed E-state index contributed by atoms with van der Waals surface area (Å²) in [6.45, 7) is 0. The van der Waals surface area contributed by atoms with Gasteiger partial charge in [-0.2, -0.15) is 5.10 Å². The topological polar surface area (TPSA) is 66.0 Å². The number of aliphatic carboxylic acids is 1. The highest BCUT2D eigenvalue weighted by Crippen LogP contribution is 2.27. The van der Waals surface area contributed by atoms with Crippen LogP contribution >= 0.6 is 0 Å². The molecule has 0 unspecified atom stereocenters. The van der Waals surface area contributed by atoms with Gasteiger partial charge in [-0.25, -0.2) is 9.18 Å². The van der Waals surface area contributed by atoms with Crippen molar-refractivity contribution < 1.29 is 14.3 Å². The number of aromatic amines is 1. The molecule has 1 aromatic heterocycles. The summed E-state index contributed by atoms with van der Waals surface area (Å²) < 4.78 is 13.0. The summed E-state index contributed by atoms with van der Waals surface area (Å²) >= 11 is 0. The monoisotopic (exact) mass is 282 g/mol.